The van der Waals surface area contributed by atoms with Crippen molar-refractivity contribution in [3.8, 4) is 5.75 Å². The summed E-state index contributed by atoms with van der Waals surface area (Å²) >= 11 is 0. The Kier molecular flexibility index (Phi) is 4.12. The van der Waals surface area contributed by atoms with E-state index in [0.29, 0.717) is 31.9 Å². The first-order valence-electron chi connectivity index (χ1n) is 7.04. The molecule has 3 heterocycles. The Bertz CT molecular complexity index is 730. The molecule has 0 N–H and O–H groups in total. The summed E-state index contributed by atoms with van der Waals surface area (Å²) in [4.78, 5) is 3.99. The lowest BCUT2D eigenvalue weighted by Gasteiger charge is -2.32. The van der Waals surface area contributed by atoms with Crippen LogP contribution in [0.15, 0.2) is 36.8 Å². The van der Waals surface area contributed by atoms with E-state index in [0.717, 1.165) is 5.69 Å². The normalized spacial score (nSPS) is 18.9. The molecule has 0 aliphatic carbocycles. The van der Waals surface area contributed by atoms with Gasteiger partial charge in [0.05, 0.1) is 37.3 Å². The first-order valence-corrected chi connectivity index (χ1v) is 8.89. The molecule has 2 aromatic heterocycles. The maximum Gasteiger partial charge on any atom is 0.211 e. The van der Waals surface area contributed by atoms with Crippen molar-refractivity contribution < 1.29 is 13.2 Å². The third-order valence-corrected chi connectivity index (χ3v) is 4.89. The van der Waals surface area contributed by atoms with E-state index >= 15 is 0 Å². The Balaban J connectivity index is 1.67. The monoisotopic (exact) mass is 322 g/mol. The van der Waals surface area contributed by atoms with Gasteiger partial charge in [0.2, 0.25) is 10.0 Å². The molecule has 0 unspecified atom stereocenters. The lowest BCUT2D eigenvalue weighted by molar-refractivity contribution is 0.214. The number of hydrogen-bond acceptors (Lipinski definition) is 5. The van der Waals surface area contributed by atoms with Gasteiger partial charge >= 0.3 is 0 Å². The van der Waals surface area contributed by atoms with Gasteiger partial charge < -0.3 is 4.74 Å². The standard InChI is InChI=1S/C14H18N4O3S/c1-22(19,20)17-10-12-4-7-16-18(12)13(11-17)5-8-21-14-3-2-6-15-9-14/h2-4,6-7,9,13H,5,8,10-11H2,1H3/t13-/m1/s1. The average Bonchev–Trinajstić information content (AvgIpc) is 2.96. The van der Waals surface area contributed by atoms with Gasteiger partial charge in [0.15, 0.2) is 0 Å². The quantitative estimate of drug-likeness (QED) is 0.823. The minimum absolute atomic E-state index is 0.0230. The van der Waals surface area contributed by atoms with E-state index in [1.807, 2.05) is 22.9 Å². The third kappa shape index (κ3) is 3.28. The van der Waals surface area contributed by atoms with Crippen molar-refractivity contribution in [3.05, 3.63) is 42.5 Å². The van der Waals surface area contributed by atoms with Gasteiger partial charge in [-0.15, -0.1) is 0 Å². The Labute approximate surface area is 129 Å². The number of ether oxygens (including phenoxy) is 1. The zero-order valence-corrected chi connectivity index (χ0v) is 13.1. The smallest absolute Gasteiger partial charge is 0.211 e. The van der Waals surface area contributed by atoms with E-state index in [9.17, 15) is 8.42 Å². The summed E-state index contributed by atoms with van der Waals surface area (Å²) in [5.74, 6) is 0.707. The maximum atomic E-state index is 11.8. The highest BCUT2D eigenvalue weighted by Gasteiger charge is 2.30. The van der Waals surface area contributed by atoms with Gasteiger partial charge in [0.25, 0.3) is 0 Å². The largest absolute Gasteiger partial charge is 0.492 e. The Morgan fingerprint density at radius 1 is 1.36 bits per heavy atom. The highest BCUT2D eigenvalue weighted by molar-refractivity contribution is 7.88. The molecule has 0 radical (unpaired) electrons. The summed E-state index contributed by atoms with van der Waals surface area (Å²) < 4.78 is 32.7. The number of rotatable bonds is 5. The molecule has 0 saturated carbocycles. The van der Waals surface area contributed by atoms with Crippen LogP contribution in [0.1, 0.15) is 18.2 Å². The molecule has 1 atom stereocenters. The van der Waals surface area contributed by atoms with E-state index in [1.54, 1.807) is 18.6 Å². The highest BCUT2D eigenvalue weighted by atomic mass is 32.2. The first-order chi connectivity index (χ1) is 10.5. The molecule has 0 bridgehead atoms. The number of nitrogens with zero attached hydrogens (tertiary/aromatic N) is 4. The Hall–Kier alpha value is -1.93. The molecule has 0 fully saturated rings. The second-order valence-electron chi connectivity index (χ2n) is 5.30. The lowest BCUT2D eigenvalue weighted by atomic mass is 10.1. The highest BCUT2D eigenvalue weighted by Crippen LogP contribution is 2.24. The van der Waals surface area contributed by atoms with Crippen LogP contribution < -0.4 is 4.74 Å². The molecule has 7 nitrogen and oxygen atoms in total. The van der Waals surface area contributed by atoms with E-state index < -0.39 is 10.0 Å². The average molecular weight is 322 g/mol. The topological polar surface area (TPSA) is 77.3 Å². The van der Waals surface area contributed by atoms with Crippen molar-refractivity contribution in [3.63, 3.8) is 0 Å². The van der Waals surface area contributed by atoms with Gasteiger partial charge in [-0.2, -0.15) is 9.40 Å². The first kappa shape index (κ1) is 15.0. The van der Waals surface area contributed by atoms with Crippen molar-refractivity contribution >= 4 is 10.0 Å². The fourth-order valence-corrected chi connectivity index (χ4v) is 3.37. The number of pyridine rings is 1. The maximum absolute atomic E-state index is 11.8. The van der Waals surface area contributed by atoms with Crippen molar-refractivity contribution in [1.29, 1.82) is 0 Å². The second kappa shape index (κ2) is 6.05. The molecule has 8 heteroatoms. The predicted molar refractivity (Wildman–Crippen MR) is 80.9 cm³/mol. The molecule has 1 aliphatic heterocycles. The van der Waals surface area contributed by atoms with Crippen LogP contribution in [-0.4, -0.2) is 46.9 Å². The van der Waals surface area contributed by atoms with Crippen LogP contribution in [0.5, 0.6) is 5.75 Å². The fraction of sp³-hybridized carbons (Fsp3) is 0.429. The van der Waals surface area contributed by atoms with E-state index in [4.69, 9.17) is 4.74 Å². The van der Waals surface area contributed by atoms with Crippen LogP contribution in [0.2, 0.25) is 0 Å². The minimum atomic E-state index is -3.22. The number of aromatic nitrogens is 3. The van der Waals surface area contributed by atoms with Crippen LogP contribution in [0, 0.1) is 0 Å². The number of hydrogen-bond donors (Lipinski definition) is 0. The van der Waals surface area contributed by atoms with Crippen LogP contribution in [0.3, 0.4) is 0 Å². The third-order valence-electron chi connectivity index (χ3n) is 3.67. The van der Waals surface area contributed by atoms with Crippen LogP contribution in [0.4, 0.5) is 0 Å². The summed E-state index contributed by atoms with van der Waals surface area (Å²) in [5, 5.41) is 4.31. The zero-order valence-electron chi connectivity index (χ0n) is 12.3. The van der Waals surface area contributed by atoms with Crippen LogP contribution in [-0.2, 0) is 16.6 Å². The van der Waals surface area contributed by atoms with Gasteiger partial charge in [-0.1, -0.05) is 0 Å². The number of sulfonamides is 1. The van der Waals surface area contributed by atoms with E-state index in [1.165, 1.54) is 10.6 Å². The number of fused-ring (bicyclic) bond motifs is 1. The van der Waals surface area contributed by atoms with Crippen LogP contribution >= 0.6 is 0 Å². The zero-order chi connectivity index (χ0) is 15.6. The Morgan fingerprint density at radius 2 is 2.23 bits per heavy atom. The lowest BCUT2D eigenvalue weighted by Crippen LogP contribution is -2.41. The molecule has 0 amide bonds. The summed E-state index contributed by atoms with van der Waals surface area (Å²) in [7, 11) is -3.22. The van der Waals surface area contributed by atoms with Gasteiger partial charge in [0, 0.05) is 25.4 Å². The van der Waals surface area contributed by atoms with E-state index in [2.05, 4.69) is 10.1 Å². The summed E-state index contributed by atoms with van der Waals surface area (Å²) in [6.07, 6.45) is 6.96. The molecular weight excluding hydrogens is 304 g/mol. The molecule has 0 saturated heterocycles. The SMILES string of the molecule is CS(=O)(=O)N1Cc2ccnn2[C@H](CCOc2cccnc2)C1. The summed E-state index contributed by atoms with van der Waals surface area (Å²) in [6, 6.07) is 5.49. The molecule has 0 spiro atoms. The Morgan fingerprint density at radius 3 is 2.95 bits per heavy atom. The second-order valence-corrected chi connectivity index (χ2v) is 7.28. The van der Waals surface area contributed by atoms with Crippen molar-refractivity contribution in [2.75, 3.05) is 19.4 Å². The molecule has 118 valence electrons. The molecule has 0 aromatic carbocycles. The van der Waals surface area contributed by atoms with Gasteiger partial charge in [-0.05, 0) is 18.2 Å². The van der Waals surface area contributed by atoms with Crippen molar-refractivity contribution in [1.82, 2.24) is 19.1 Å². The molecule has 2 aromatic rings. The summed E-state index contributed by atoms with van der Waals surface area (Å²) in [5.41, 5.74) is 0.906. The van der Waals surface area contributed by atoms with Gasteiger partial charge in [-0.3, -0.25) is 9.67 Å². The van der Waals surface area contributed by atoms with E-state index in [-0.39, 0.29) is 6.04 Å². The molecule has 1 aliphatic rings. The molecule has 3 rings (SSSR count). The van der Waals surface area contributed by atoms with Gasteiger partial charge in [0.1, 0.15) is 5.75 Å². The predicted octanol–water partition coefficient (Wildman–Crippen LogP) is 1.06. The van der Waals surface area contributed by atoms with Crippen molar-refractivity contribution in [2.24, 2.45) is 0 Å². The minimum Gasteiger partial charge on any atom is -0.492 e. The molecule has 22 heavy (non-hydrogen) atoms. The van der Waals surface area contributed by atoms with Gasteiger partial charge in [-0.25, -0.2) is 8.42 Å². The van der Waals surface area contributed by atoms with Crippen LogP contribution in [0.25, 0.3) is 0 Å². The fourth-order valence-electron chi connectivity index (χ4n) is 2.56. The van der Waals surface area contributed by atoms with Crippen molar-refractivity contribution in [2.45, 2.75) is 19.0 Å². The summed E-state index contributed by atoms with van der Waals surface area (Å²) in [6.45, 7) is 1.27. The molecular formula is C14H18N4O3S.